The summed E-state index contributed by atoms with van der Waals surface area (Å²) < 4.78 is 12.9. The van der Waals surface area contributed by atoms with E-state index in [4.69, 9.17) is 0 Å². The van der Waals surface area contributed by atoms with E-state index in [1.807, 2.05) is 13.8 Å². The van der Waals surface area contributed by atoms with Crippen LogP contribution in [0.4, 0.5) is 9.18 Å². The predicted molar refractivity (Wildman–Crippen MR) is 84.2 cm³/mol. The quantitative estimate of drug-likeness (QED) is 0.830. The zero-order valence-electron chi connectivity index (χ0n) is 13.5. The minimum Gasteiger partial charge on any atom is -0.338 e. The van der Waals surface area contributed by atoms with Crippen LogP contribution in [0.5, 0.6) is 0 Å². The molecule has 2 rings (SSSR count). The molecule has 1 heterocycles. The topological polar surface area (TPSA) is 102 Å². The summed E-state index contributed by atoms with van der Waals surface area (Å²) in [6.45, 7) is 4.33. The molecule has 2 aromatic rings. The molecule has 0 radical (unpaired) electrons. The molecule has 3 amide bonds. The van der Waals surface area contributed by atoms with Crippen molar-refractivity contribution >= 4 is 11.9 Å². The molecular formula is C15H19FN6O2. The van der Waals surface area contributed by atoms with Gasteiger partial charge in [-0.25, -0.2) is 9.18 Å². The van der Waals surface area contributed by atoms with Crippen LogP contribution in [0.3, 0.4) is 0 Å². The van der Waals surface area contributed by atoms with Crippen molar-refractivity contribution in [3.8, 4) is 11.4 Å². The van der Waals surface area contributed by atoms with Crippen LogP contribution in [0.25, 0.3) is 11.4 Å². The van der Waals surface area contributed by atoms with Crippen molar-refractivity contribution in [2.75, 3.05) is 6.54 Å². The van der Waals surface area contributed by atoms with E-state index in [9.17, 15) is 14.0 Å². The lowest BCUT2D eigenvalue weighted by atomic mass is 10.1. The van der Waals surface area contributed by atoms with Gasteiger partial charge in [-0.15, -0.1) is 10.2 Å². The molecule has 8 nitrogen and oxygen atoms in total. The fourth-order valence-electron chi connectivity index (χ4n) is 1.84. The molecule has 0 atom stereocenters. The Morgan fingerprint density at radius 3 is 2.62 bits per heavy atom. The Hall–Kier alpha value is -2.84. The van der Waals surface area contributed by atoms with Gasteiger partial charge in [-0.1, -0.05) is 13.8 Å². The number of halogens is 1. The Bertz CT molecular complexity index is 698. The largest absolute Gasteiger partial charge is 0.338 e. The van der Waals surface area contributed by atoms with Gasteiger partial charge in [0.1, 0.15) is 12.4 Å². The smallest absolute Gasteiger partial charge is 0.321 e. The molecule has 0 fully saturated rings. The van der Waals surface area contributed by atoms with Crippen LogP contribution in [-0.2, 0) is 11.3 Å². The molecule has 0 aliphatic heterocycles. The van der Waals surface area contributed by atoms with Crippen molar-refractivity contribution in [2.24, 2.45) is 5.92 Å². The number of carbonyl (C=O) groups is 2. The molecule has 0 aliphatic carbocycles. The van der Waals surface area contributed by atoms with Crippen molar-refractivity contribution in [1.82, 2.24) is 30.8 Å². The fraction of sp³-hybridized carbons (Fsp3) is 0.400. The maximum atomic E-state index is 12.9. The number of hydrogen-bond donors (Lipinski definition) is 2. The minimum atomic E-state index is -0.556. The Balaban J connectivity index is 1.84. The molecule has 0 saturated carbocycles. The highest BCUT2D eigenvalue weighted by atomic mass is 19.1. The van der Waals surface area contributed by atoms with E-state index in [0.717, 1.165) is 11.2 Å². The molecular weight excluding hydrogens is 315 g/mol. The monoisotopic (exact) mass is 334 g/mol. The zero-order chi connectivity index (χ0) is 17.5. The molecule has 24 heavy (non-hydrogen) atoms. The predicted octanol–water partition coefficient (Wildman–Crippen LogP) is 1.35. The summed E-state index contributed by atoms with van der Waals surface area (Å²) in [6.07, 6.45) is 0.827. The normalized spacial score (nSPS) is 10.7. The van der Waals surface area contributed by atoms with E-state index < -0.39 is 11.9 Å². The second-order valence-electron chi connectivity index (χ2n) is 5.64. The first-order valence-corrected chi connectivity index (χ1v) is 7.55. The molecule has 0 aliphatic rings. The van der Waals surface area contributed by atoms with Crippen LogP contribution in [0, 0.1) is 11.7 Å². The SMILES string of the molecule is CC(C)CCNC(=O)NC(=O)Cn1nnc(-c2ccc(F)cc2)n1. The highest BCUT2D eigenvalue weighted by Crippen LogP contribution is 2.13. The van der Waals surface area contributed by atoms with Crippen molar-refractivity contribution in [3.63, 3.8) is 0 Å². The fourth-order valence-corrected chi connectivity index (χ4v) is 1.84. The van der Waals surface area contributed by atoms with Gasteiger partial charge in [0.15, 0.2) is 0 Å². The number of benzene rings is 1. The molecule has 0 saturated heterocycles. The Labute approximate surface area is 138 Å². The number of hydrogen-bond acceptors (Lipinski definition) is 5. The van der Waals surface area contributed by atoms with Crippen LogP contribution >= 0.6 is 0 Å². The van der Waals surface area contributed by atoms with Gasteiger partial charge in [0.25, 0.3) is 5.91 Å². The first-order chi connectivity index (χ1) is 11.4. The summed E-state index contributed by atoms with van der Waals surface area (Å²) in [5, 5.41) is 16.3. The molecule has 9 heteroatoms. The Kier molecular flexibility index (Phi) is 5.94. The average molecular weight is 334 g/mol. The van der Waals surface area contributed by atoms with Crippen molar-refractivity contribution in [3.05, 3.63) is 30.1 Å². The van der Waals surface area contributed by atoms with Gasteiger partial charge in [0, 0.05) is 12.1 Å². The second-order valence-corrected chi connectivity index (χ2v) is 5.64. The van der Waals surface area contributed by atoms with E-state index in [0.29, 0.717) is 18.0 Å². The van der Waals surface area contributed by atoms with Crippen LogP contribution < -0.4 is 10.6 Å². The van der Waals surface area contributed by atoms with Gasteiger partial charge in [-0.2, -0.15) is 4.80 Å². The first kappa shape index (κ1) is 17.5. The highest BCUT2D eigenvalue weighted by Gasteiger charge is 2.12. The standard InChI is InChI=1S/C15H19FN6O2/c1-10(2)7-8-17-15(24)18-13(23)9-22-20-14(19-21-22)11-3-5-12(16)6-4-11/h3-6,10H,7-9H2,1-2H3,(H2,17,18,23,24). The van der Waals surface area contributed by atoms with E-state index in [1.54, 1.807) is 0 Å². The third-order valence-electron chi connectivity index (χ3n) is 3.10. The van der Waals surface area contributed by atoms with Gasteiger partial charge in [0.05, 0.1) is 0 Å². The van der Waals surface area contributed by atoms with Gasteiger partial charge in [-0.3, -0.25) is 10.1 Å². The lowest BCUT2D eigenvalue weighted by Crippen LogP contribution is -2.41. The van der Waals surface area contributed by atoms with Gasteiger partial charge in [0.2, 0.25) is 5.82 Å². The van der Waals surface area contributed by atoms with E-state index in [1.165, 1.54) is 24.3 Å². The van der Waals surface area contributed by atoms with Crippen LogP contribution in [0.15, 0.2) is 24.3 Å². The molecule has 0 bridgehead atoms. The van der Waals surface area contributed by atoms with Gasteiger partial charge in [-0.05, 0) is 41.8 Å². The second kappa shape index (κ2) is 8.14. The maximum absolute atomic E-state index is 12.9. The Morgan fingerprint density at radius 1 is 1.25 bits per heavy atom. The van der Waals surface area contributed by atoms with Crippen molar-refractivity contribution in [1.29, 1.82) is 0 Å². The summed E-state index contributed by atoms with van der Waals surface area (Å²) >= 11 is 0. The highest BCUT2D eigenvalue weighted by molar-refractivity contribution is 5.94. The molecule has 0 spiro atoms. The summed E-state index contributed by atoms with van der Waals surface area (Å²) in [5.41, 5.74) is 0.578. The average Bonchev–Trinajstić information content (AvgIpc) is 2.95. The third-order valence-corrected chi connectivity index (χ3v) is 3.10. The maximum Gasteiger partial charge on any atom is 0.321 e. The number of nitrogens with one attached hydrogen (secondary N) is 2. The third kappa shape index (κ3) is 5.41. The molecule has 0 unspecified atom stereocenters. The van der Waals surface area contributed by atoms with E-state index in [2.05, 4.69) is 26.0 Å². The minimum absolute atomic E-state index is 0.244. The lowest BCUT2D eigenvalue weighted by molar-refractivity contribution is -0.121. The number of urea groups is 1. The number of imide groups is 1. The molecule has 1 aromatic heterocycles. The van der Waals surface area contributed by atoms with Crippen molar-refractivity contribution in [2.45, 2.75) is 26.8 Å². The van der Waals surface area contributed by atoms with E-state index >= 15 is 0 Å². The number of amides is 3. The Morgan fingerprint density at radius 2 is 1.96 bits per heavy atom. The number of tetrazole rings is 1. The molecule has 2 N–H and O–H groups in total. The van der Waals surface area contributed by atoms with Crippen molar-refractivity contribution < 1.29 is 14.0 Å². The van der Waals surface area contributed by atoms with Crippen LogP contribution in [0.2, 0.25) is 0 Å². The number of nitrogens with zero attached hydrogens (tertiary/aromatic N) is 4. The summed E-state index contributed by atoms with van der Waals surface area (Å²) in [5.74, 6) is -0.191. The number of aromatic nitrogens is 4. The molecule has 1 aromatic carbocycles. The first-order valence-electron chi connectivity index (χ1n) is 7.55. The van der Waals surface area contributed by atoms with E-state index in [-0.39, 0.29) is 18.2 Å². The zero-order valence-corrected chi connectivity index (χ0v) is 13.5. The van der Waals surface area contributed by atoms with Gasteiger partial charge >= 0.3 is 6.03 Å². The summed E-state index contributed by atoms with van der Waals surface area (Å²) in [4.78, 5) is 24.4. The van der Waals surface area contributed by atoms with Crippen LogP contribution in [0.1, 0.15) is 20.3 Å². The number of carbonyl (C=O) groups excluding carboxylic acids is 2. The number of rotatable bonds is 6. The lowest BCUT2D eigenvalue weighted by Gasteiger charge is -2.07. The molecule has 128 valence electrons. The summed E-state index contributed by atoms with van der Waals surface area (Å²) in [6, 6.07) is 5.03. The summed E-state index contributed by atoms with van der Waals surface area (Å²) in [7, 11) is 0. The van der Waals surface area contributed by atoms with Crippen LogP contribution in [-0.4, -0.2) is 38.7 Å². The van der Waals surface area contributed by atoms with Gasteiger partial charge < -0.3 is 5.32 Å².